The molecule has 2 fully saturated rings. The van der Waals surface area contributed by atoms with Gasteiger partial charge in [0, 0.05) is 24.0 Å². The highest BCUT2D eigenvalue weighted by atomic mass is 16.6. The van der Waals surface area contributed by atoms with E-state index in [1.807, 2.05) is 12.1 Å². The predicted molar refractivity (Wildman–Crippen MR) is 89.5 cm³/mol. The third kappa shape index (κ3) is 2.03. The van der Waals surface area contributed by atoms with Crippen molar-refractivity contribution in [2.24, 2.45) is 0 Å². The fourth-order valence-electron chi connectivity index (χ4n) is 3.47. The summed E-state index contributed by atoms with van der Waals surface area (Å²) < 4.78 is 5.77. The molecule has 2 aromatic heterocycles. The highest BCUT2D eigenvalue weighted by Gasteiger charge is 2.44. The zero-order chi connectivity index (χ0) is 16.3. The molecule has 1 N–H and O–H groups in total. The number of carbonyl (C=O) groups excluding carboxylic acids is 1. The zero-order valence-electron chi connectivity index (χ0n) is 13.4. The van der Waals surface area contributed by atoms with Gasteiger partial charge in [-0.1, -0.05) is 6.92 Å². The van der Waals surface area contributed by atoms with Crippen molar-refractivity contribution in [1.82, 2.24) is 9.97 Å². The van der Waals surface area contributed by atoms with Crippen LogP contribution in [0.4, 0.5) is 17.3 Å². The molecule has 2 aliphatic heterocycles. The summed E-state index contributed by atoms with van der Waals surface area (Å²) in [6, 6.07) is 5.93. The molecule has 0 bridgehead atoms. The minimum atomic E-state index is -0.134. The standard InChI is InChI=1S/C18H18N4O2/c1-2-13-15(24-13)11-7-9-20-17-14(11)21-18(23)12-4-3-8-19-16(12)22(17)10-5-6-10/h3-4,7-10,13,15H,2,5-6H2,1H3,(H,21,23). The molecular formula is C18H18N4O2. The van der Waals surface area contributed by atoms with E-state index in [1.54, 1.807) is 18.5 Å². The monoisotopic (exact) mass is 322 g/mol. The third-order valence-corrected chi connectivity index (χ3v) is 4.89. The van der Waals surface area contributed by atoms with E-state index < -0.39 is 0 Å². The van der Waals surface area contributed by atoms with Crippen molar-refractivity contribution < 1.29 is 9.53 Å². The second-order valence-electron chi connectivity index (χ2n) is 6.53. The van der Waals surface area contributed by atoms with Gasteiger partial charge in [0.05, 0.1) is 17.4 Å². The molecule has 4 heterocycles. The number of carbonyl (C=O) groups is 1. The lowest BCUT2D eigenvalue weighted by Gasteiger charge is -2.23. The van der Waals surface area contributed by atoms with Crippen molar-refractivity contribution in [2.75, 3.05) is 10.2 Å². The topological polar surface area (TPSA) is 70.6 Å². The Bertz CT molecular complexity index is 834. The van der Waals surface area contributed by atoms with Crippen LogP contribution in [0.3, 0.4) is 0 Å². The van der Waals surface area contributed by atoms with Crippen molar-refractivity contribution >= 4 is 23.2 Å². The Morgan fingerprint density at radius 3 is 2.83 bits per heavy atom. The quantitative estimate of drug-likeness (QED) is 0.879. The number of rotatable bonds is 3. The number of hydrogen-bond donors (Lipinski definition) is 1. The maximum absolute atomic E-state index is 12.8. The second-order valence-corrected chi connectivity index (χ2v) is 6.53. The maximum Gasteiger partial charge on any atom is 0.259 e. The maximum atomic E-state index is 12.8. The number of hydrogen-bond acceptors (Lipinski definition) is 5. The number of amides is 1. The van der Waals surface area contributed by atoms with Crippen molar-refractivity contribution in [3.05, 3.63) is 41.7 Å². The molecule has 2 aromatic rings. The lowest BCUT2D eigenvalue weighted by Crippen LogP contribution is -2.22. The van der Waals surface area contributed by atoms with E-state index in [2.05, 4.69) is 27.1 Å². The largest absolute Gasteiger partial charge is 0.364 e. The first-order chi connectivity index (χ1) is 11.8. The molecule has 3 aliphatic rings. The van der Waals surface area contributed by atoms with Crippen molar-refractivity contribution in [3.63, 3.8) is 0 Å². The summed E-state index contributed by atoms with van der Waals surface area (Å²) in [5.41, 5.74) is 2.38. The molecule has 1 saturated carbocycles. The Kier molecular flexibility index (Phi) is 2.91. The first-order valence-corrected chi connectivity index (χ1v) is 8.48. The number of nitrogens with zero attached hydrogens (tertiary/aromatic N) is 3. The van der Waals surface area contributed by atoms with E-state index in [4.69, 9.17) is 4.74 Å². The molecule has 1 amide bonds. The number of aromatic nitrogens is 2. The first kappa shape index (κ1) is 13.9. The molecule has 6 heteroatoms. The molecule has 24 heavy (non-hydrogen) atoms. The van der Waals surface area contributed by atoms with Crippen LogP contribution in [-0.2, 0) is 4.74 Å². The van der Waals surface area contributed by atoms with Crippen molar-refractivity contribution in [3.8, 4) is 0 Å². The van der Waals surface area contributed by atoms with Crippen LogP contribution in [0.5, 0.6) is 0 Å². The smallest absolute Gasteiger partial charge is 0.259 e. The van der Waals surface area contributed by atoms with Gasteiger partial charge < -0.3 is 15.0 Å². The number of nitrogens with one attached hydrogen (secondary N) is 1. The normalized spacial score (nSPS) is 24.7. The summed E-state index contributed by atoms with van der Waals surface area (Å²) in [4.78, 5) is 24.0. The van der Waals surface area contributed by atoms with Crippen LogP contribution in [0, 0.1) is 0 Å². The molecule has 122 valence electrons. The average Bonchev–Trinajstić information content (AvgIpc) is 3.49. The van der Waals surface area contributed by atoms with E-state index >= 15 is 0 Å². The van der Waals surface area contributed by atoms with Gasteiger partial charge in [-0.3, -0.25) is 4.79 Å². The lowest BCUT2D eigenvalue weighted by molar-refractivity contribution is 0.102. The minimum absolute atomic E-state index is 0.0438. The highest BCUT2D eigenvalue weighted by Crippen LogP contribution is 2.49. The van der Waals surface area contributed by atoms with Gasteiger partial charge in [-0.25, -0.2) is 9.97 Å². The second kappa shape index (κ2) is 5.01. The van der Waals surface area contributed by atoms with Crippen molar-refractivity contribution in [2.45, 2.75) is 44.4 Å². The van der Waals surface area contributed by atoms with Gasteiger partial charge in [-0.2, -0.15) is 0 Å². The summed E-state index contributed by atoms with van der Waals surface area (Å²) in [7, 11) is 0. The number of fused-ring (bicyclic) bond motifs is 2. The van der Waals surface area contributed by atoms with Crippen LogP contribution >= 0.6 is 0 Å². The Labute approximate surface area is 139 Å². The van der Waals surface area contributed by atoms with Crippen LogP contribution in [0.1, 0.15) is 48.2 Å². The molecule has 1 aliphatic carbocycles. The summed E-state index contributed by atoms with van der Waals surface area (Å²) in [6.45, 7) is 2.11. The molecule has 5 rings (SSSR count). The van der Waals surface area contributed by atoms with Crippen LogP contribution < -0.4 is 10.2 Å². The van der Waals surface area contributed by atoms with Crippen LogP contribution in [0.2, 0.25) is 0 Å². The Balaban J connectivity index is 1.69. The Hall–Kier alpha value is -2.47. The zero-order valence-corrected chi connectivity index (χ0v) is 13.4. The SMILES string of the molecule is CCC1OC1c1ccnc2c1NC(=O)c1cccnc1N2C1CC1. The molecule has 0 radical (unpaired) electrons. The van der Waals surface area contributed by atoms with Gasteiger partial charge >= 0.3 is 0 Å². The van der Waals surface area contributed by atoms with E-state index in [9.17, 15) is 4.79 Å². The summed E-state index contributed by atoms with van der Waals surface area (Å²) in [6.07, 6.45) is 6.95. The van der Waals surface area contributed by atoms with Crippen LogP contribution in [-0.4, -0.2) is 28.0 Å². The number of pyridine rings is 2. The number of ether oxygens (including phenoxy) is 1. The molecule has 1 saturated heterocycles. The van der Waals surface area contributed by atoms with E-state index in [0.717, 1.165) is 36.3 Å². The molecule has 6 nitrogen and oxygen atoms in total. The minimum Gasteiger partial charge on any atom is -0.364 e. The van der Waals surface area contributed by atoms with Gasteiger partial charge in [0.2, 0.25) is 0 Å². The molecular weight excluding hydrogens is 304 g/mol. The predicted octanol–water partition coefficient (Wildman–Crippen LogP) is 3.19. The molecule has 2 atom stereocenters. The number of epoxide rings is 1. The fraction of sp³-hybridized carbons (Fsp3) is 0.389. The summed E-state index contributed by atoms with van der Waals surface area (Å²) in [5, 5.41) is 3.06. The first-order valence-electron chi connectivity index (χ1n) is 8.48. The van der Waals surface area contributed by atoms with Gasteiger partial charge in [-0.05, 0) is 37.5 Å². The van der Waals surface area contributed by atoms with Gasteiger partial charge in [-0.15, -0.1) is 0 Å². The third-order valence-electron chi connectivity index (χ3n) is 4.89. The Morgan fingerprint density at radius 2 is 2.08 bits per heavy atom. The van der Waals surface area contributed by atoms with E-state index in [0.29, 0.717) is 17.4 Å². The summed E-state index contributed by atoms with van der Waals surface area (Å²) in [5.74, 6) is 1.35. The Morgan fingerprint density at radius 1 is 1.25 bits per heavy atom. The molecule has 0 aromatic carbocycles. The van der Waals surface area contributed by atoms with Gasteiger partial charge in [0.15, 0.2) is 5.82 Å². The van der Waals surface area contributed by atoms with Crippen LogP contribution in [0.15, 0.2) is 30.6 Å². The average molecular weight is 322 g/mol. The van der Waals surface area contributed by atoms with E-state index in [-0.39, 0.29) is 18.1 Å². The lowest BCUT2D eigenvalue weighted by atomic mass is 10.1. The van der Waals surface area contributed by atoms with Crippen molar-refractivity contribution in [1.29, 1.82) is 0 Å². The number of anilines is 3. The molecule has 2 unspecified atom stereocenters. The van der Waals surface area contributed by atoms with Crippen LogP contribution in [0.25, 0.3) is 0 Å². The van der Waals surface area contributed by atoms with Gasteiger partial charge in [0.1, 0.15) is 11.9 Å². The van der Waals surface area contributed by atoms with E-state index in [1.165, 1.54) is 0 Å². The highest BCUT2D eigenvalue weighted by molar-refractivity contribution is 6.12. The van der Waals surface area contributed by atoms with Gasteiger partial charge in [0.25, 0.3) is 5.91 Å². The fourth-order valence-corrected chi connectivity index (χ4v) is 3.47. The summed E-state index contributed by atoms with van der Waals surface area (Å²) >= 11 is 0. The molecule has 0 spiro atoms.